The second-order valence-corrected chi connectivity index (χ2v) is 7.11. The van der Waals surface area contributed by atoms with Crippen LogP contribution in [0.25, 0.3) is 10.9 Å². The van der Waals surface area contributed by atoms with Crippen LogP contribution in [0, 0.1) is 0 Å². The topological polar surface area (TPSA) is 80.1 Å². The second-order valence-electron chi connectivity index (χ2n) is 6.68. The van der Waals surface area contributed by atoms with Crippen LogP contribution in [-0.4, -0.2) is 29.7 Å². The molecule has 0 aliphatic rings. The molecule has 2 N–H and O–H groups in total. The Morgan fingerprint density at radius 2 is 2.07 bits per heavy atom. The van der Waals surface area contributed by atoms with Gasteiger partial charge in [0.25, 0.3) is 5.91 Å². The number of aromatic amines is 1. The Bertz CT molecular complexity index is 1150. The van der Waals surface area contributed by atoms with Gasteiger partial charge < -0.3 is 19.6 Å². The highest BCUT2D eigenvalue weighted by molar-refractivity contribution is 6.31. The summed E-state index contributed by atoms with van der Waals surface area (Å²) in [4.78, 5) is 15.6. The Kier molecular flexibility index (Phi) is 5.53. The minimum absolute atomic E-state index is 0.261. The number of ether oxygens (including phenoxy) is 1. The summed E-state index contributed by atoms with van der Waals surface area (Å²) in [6, 6.07) is 15.0. The lowest BCUT2D eigenvalue weighted by Gasteiger charge is -2.05. The molecule has 29 heavy (non-hydrogen) atoms. The molecule has 0 aliphatic heterocycles. The molecule has 7 heteroatoms. The molecular formula is C22H20ClN3O3. The number of halogens is 1. The SMILES string of the molecule is COc1ccccc1Cc1cc(C(=O)NCCc2c[nH]c3ccc(Cl)cc23)no1. The molecule has 0 aliphatic carbocycles. The van der Waals surface area contributed by atoms with E-state index in [-0.39, 0.29) is 11.6 Å². The first-order chi connectivity index (χ1) is 14.1. The molecule has 0 atom stereocenters. The fourth-order valence-corrected chi connectivity index (χ4v) is 3.47. The quantitative estimate of drug-likeness (QED) is 0.474. The molecule has 0 radical (unpaired) electrons. The molecular weight excluding hydrogens is 390 g/mol. The van der Waals surface area contributed by atoms with Crippen molar-refractivity contribution in [3.8, 4) is 5.75 Å². The Hall–Kier alpha value is -3.25. The number of rotatable bonds is 7. The van der Waals surface area contributed by atoms with Gasteiger partial charge in [-0.3, -0.25) is 4.79 Å². The number of benzene rings is 2. The number of nitrogens with zero attached hydrogens (tertiary/aromatic N) is 1. The van der Waals surface area contributed by atoms with Crippen molar-refractivity contribution in [1.29, 1.82) is 0 Å². The van der Waals surface area contributed by atoms with Crippen LogP contribution in [0.1, 0.15) is 27.4 Å². The molecule has 4 aromatic rings. The van der Waals surface area contributed by atoms with Gasteiger partial charge in [0.15, 0.2) is 5.69 Å². The van der Waals surface area contributed by atoms with E-state index in [9.17, 15) is 4.79 Å². The molecule has 6 nitrogen and oxygen atoms in total. The number of H-pyrrole nitrogens is 1. The number of amides is 1. The number of fused-ring (bicyclic) bond motifs is 1. The zero-order chi connectivity index (χ0) is 20.2. The van der Waals surface area contributed by atoms with Gasteiger partial charge in [-0.25, -0.2) is 0 Å². The van der Waals surface area contributed by atoms with E-state index in [0.717, 1.165) is 27.8 Å². The first-order valence-electron chi connectivity index (χ1n) is 9.25. The molecule has 4 rings (SSSR count). The Morgan fingerprint density at radius 3 is 2.93 bits per heavy atom. The van der Waals surface area contributed by atoms with Crippen molar-refractivity contribution in [1.82, 2.24) is 15.5 Å². The summed E-state index contributed by atoms with van der Waals surface area (Å²) in [6.45, 7) is 0.479. The van der Waals surface area contributed by atoms with E-state index >= 15 is 0 Å². The molecule has 0 fully saturated rings. The largest absolute Gasteiger partial charge is 0.496 e. The first kappa shape index (κ1) is 19.1. The monoisotopic (exact) mass is 409 g/mol. The highest BCUT2D eigenvalue weighted by Crippen LogP contribution is 2.23. The van der Waals surface area contributed by atoms with Crippen molar-refractivity contribution < 1.29 is 14.1 Å². The number of hydrogen-bond donors (Lipinski definition) is 2. The summed E-state index contributed by atoms with van der Waals surface area (Å²) in [5.41, 5.74) is 3.35. The van der Waals surface area contributed by atoms with Crippen LogP contribution < -0.4 is 10.1 Å². The van der Waals surface area contributed by atoms with Gasteiger partial charge in [0, 0.05) is 46.7 Å². The predicted molar refractivity (Wildman–Crippen MR) is 112 cm³/mol. The van der Waals surface area contributed by atoms with E-state index in [4.69, 9.17) is 20.9 Å². The summed E-state index contributed by atoms with van der Waals surface area (Å²) in [6.07, 6.45) is 3.12. The van der Waals surface area contributed by atoms with Crippen LogP contribution in [-0.2, 0) is 12.8 Å². The number of carbonyl (C=O) groups is 1. The highest BCUT2D eigenvalue weighted by atomic mass is 35.5. The normalized spacial score (nSPS) is 11.0. The summed E-state index contributed by atoms with van der Waals surface area (Å²) >= 11 is 6.08. The number of hydrogen-bond acceptors (Lipinski definition) is 4. The Balaban J connectivity index is 1.36. The van der Waals surface area contributed by atoms with Gasteiger partial charge in [0.05, 0.1) is 7.11 Å². The fourth-order valence-electron chi connectivity index (χ4n) is 3.30. The van der Waals surface area contributed by atoms with Crippen LogP contribution in [0.3, 0.4) is 0 Å². The summed E-state index contributed by atoms with van der Waals surface area (Å²) in [5, 5.41) is 8.53. The Labute approximate surface area is 172 Å². The minimum Gasteiger partial charge on any atom is -0.496 e. The lowest BCUT2D eigenvalue weighted by Crippen LogP contribution is -2.25. The lowest BCUT2D eigenvalue weighted by atomic mass is 10.1. The molecule has 0 saturated carbocycles. The zero-order valence-electron chi connectivity index (χ0n) is 15.9. The molecule has 2 aromatic heterocycles. The number of methoxy groups -OCH3 is 1. The van der Waals surface area contributed by atoms with E-state index in [2.05, 4.69) is 15.5 Å². The van der Waals surface area contributed by atoms with Crippen molar-refractivity contribution in [3.63, 3.8) is 0 Å². The molecule has 0 unspecified atom stereocenters. The van der Waals surface area contributed by atoms with Crippen LogP contribution in [0.5, 0.6) is 5.75 Å². The van der Waals surface area contributed by atoms with Gasteiger partial charge >= 0.3 is 0 Å². The van der Waals surface area contributed by atoms with E-state index in [1.54, 1.807) is 13.2 Å². The van der Waals surface area contributed by atoms with Crippen molar-refractivity contribution in [2.45, 2.75) is 12.8 Å². The maximum absolute atomic E-state index is 12.4. The second kappa shape index (κ2) is 8.41. The van der Waals surface area contributed by atoms with Crippen LogP contribution in [0.2, 0.25) is 5.02 Å². The molecule has 2 aromatic carbocycles. The van der Waals surface area contributed by atoms with Gasteiger partial charge in [0.1, 0.15) is 11.5 Å². The third-order valence-electron chi connectivity index (χ3n) is 4.76. The Morgan fingerprint density at radius 1 is 1.21 bits per heavy atom. The summed E-state index contributed by atoms with van der Waals surface area (Å²) in [5.74, 6) is 1.11. The average molecular weight is 410 g/mol. The zero-order valence-corrected chi connectivity index (χ0v) is 16.6. The van der Waals surface area contributed by atoms with E-state index in [0.29, 0.717) is 30.2 Å². The standard InChI is InChI=1S/C22H20ClN3O3/c1-28-21-5-3-2-4-14(21)10-17-12-20(26-29-17)22(27)24-9-8-15-13-25-19-7-6-16(23)11-18(15)19/h2-7,11-13,25H,8-10H2,1H3,(H,24,27). The van der Waals surface area contributed by atoms with Crippen LogP contribution in [0.15, 0.2) is 59.3 Å². The number of para-hydroxylation sites is 1. The van der Waals surface area contributed by atoms with E-state index in [1.165, 1.54) is 0 Å². The molecule has 1 amide bonds. The third kappa shape index (κ3) is 4.27. The van der Waals surface area contributed by atoms with Crippen LogP contribution >= 0.6 is 11.6 Å². The minimum atomic E-state index is -0.266. The van der Waals surface area contributed by atoms with Gasteiger partial charge in [-0.1, -0.05) is 35.0 Å². The van der Waals surface area contributed by atoms with Crippen molar-refractivity contribution in [2.75, 3.05) is 13.7 Å². The molecule has 0 saturated heterocycles. The predicted octanol–water partition coefficient (Wildman–Crippen LogP) is 4.38. The van der Waals surface area contributed by atoms with Crippen molar-refractivity contribution in [2.24, 2.45) is 0 Å². The van der Waals surface area contributed by atoms with Gasteiger partial charge in [0.2, 0.25) is 0 Å². The van der Waals surface area contributed by atoms with E-state index < -0.39 is 0 Å². The molecule has 2 heterocycles. The third-order valence-corrected chi connectivity index (χ3v) is 4.99. The molecule has 0 bridgehead atoms. The maximum atomic E-state index is 12.4. The smallest absolute Gasteiger partial charge is 0.273 e. The van der Waals surface area contributed by atoms with Crippen LogP contribution in [0.4, 0.5) is 0 Å². The fraction of sp³-hybridized carbons (Fsp3) is 0.182. The van der Waals surface area contributed by atoms with Crippen molar-refractivity contribution >= 4 is 28.4 Å². The number of aromatic nitrogens is 2. The van der Waals surface area contributed by atoms with E-state index in [1.807, 2.05) is 48.7 Å². The van der Waals surface area contributed by atoms with Gasteiger partial charge in [-0.2, -0.15) is 0 Å². The molecule has 0 spiro atoms. The number of nitrogens with one attached hydrogen (secondary N) is 2. The van der Waals surface area contributed by atoms with Gasteiger partial charge in [-0.05, 0) is 36.2 Å². The maximum Gasteiger partial charge on any atom is 0.273 e. The lowest BCUT2D eigenvalue weighted by molar-refractivity contribution is 0.0945. The molecule has 148 valence electrons. The van der Waals surface area contributed by atoms with Crippen molar-refractivity contribution in [3.05, 3.63) is 82.3 Å². The highest BCUT2D eigenvalue weighted by Gasteiger charge is 2.14. The average Bonchev–Trinajstić information content (AvgIpc) is 3.35. The summed E-state index contributed by atoms with van der Waals surface area (Å²) in [7, 11) is 1.62. The van der Waals surface area contributed by atoms with Gasteiger partial charge in [-0.15, -0.1) is 0 Å². The first-order valence-corrected chi connectivity index (χ1v) is 9.63. The number of carbonyl (C=O) groups excluding carboxylic acids is 1. The summed E-state index contributed by atoms with van der Waals surface area (Å²) < 4.78 is 10.7.